The Morgan fingerprint density at radius 3 is 1.73 bits per heavy atom. The molecule has 2 aliphatic rings. The Kier molecular flexibility index (Phi) is 7.39. The van der Waals surface area contributed by atoms with Gasteiger partial charge in [0.15, 0.2) is 0 Å². The number of ether oxygens (including phenoxy) is 1. The summed E-state index contributed by atoms with van der Waals surface area (Å²) in [6, 6.07) is 66.2. The number of anilines is 3. The maximum atomic E-state index is 8.94. The minimum atomic E-state index is -0.434. The summed E-state index contributed by atoms with van der Waals surface area (Å²) in [6.07, 6.45) is 0. The van der Waals surface area contributed by atoms with Gasteiger partial charge in [-0.2, -0.15) is 0 Å². The number of para-hydroxylation sites is 1. The lowest BCUT2D eigenvalue weighted by atomic mass is 9.82. The SMILES string of the molecule is [2H]c1c([2H])c([2H])c(-c2cccc3c2Oc2cccc(-c4ccc(N(c5ccc(-c6ccccc6)cc5)c5ccc6c(c5)C(C)(C)c5ccccc5-6)cc4)c2-c2cc4ccccc4cc2-3)c([2H])c1[2H]. The summed E-state index contributed by atoms with van der Waals surface area (Å²) >= 11 is 0. The molecule has 0 atom stereocenters. The molecular formula is C61H43NO. The van der Waals surface area contributed by atoms with Crippen LogP contribution in [0.1, 0.15) is 31.8 Å². The first-order valence-electron chi connectivity index (χ1n) is 23.9. The highest BCUT2D eigenvalue weighted by molar-refractivity contribution is 6.04. The highest BCUT2D eigenvalue weighted by atomic mass is 16.5. The van der Waals surface area contributed by atoms with E-state index in [1.807, 2.05) is 42.5 Å². The predicted molar refractivity (Wildman–Crippen MR) is 263 cm³/mol. The summed E-state index contributed by atoms with van der Waals surface area (Å²) < 4.78 is 50.2. The standard InChI is InChI=1S/C61H43NO/c1-61(2)56-25-12-11-21-51(56)52-36-35-48(39-57(52)61)62(46-31-27-41(28-32-46)40-15-5-3-6-16-40)47-33-29-43(30-34-47)49-22-14-26-58-59(49)55-38-45-20-10-9-19-44(45)37-54(55)53-24-13-23-50(60(53)63-58)42-17-7-4-8-18-42/h3-39H,1-2H3/i4D,7D,8D,17D,18D. The van der Waals surface area contributed by atoms with Gasteiger partial charge in [-0.25, -0.2) is 0 Å². The van der Waals surface area contributed by atoms with E-state index in [9.17, 15) is 0 Å². The third-order valence-electron chi connectivity index (χ3n) is 13.0. The van der Waals surface area contributed by atoms with Crippen molar-refractivity contribution in [1.82, 2.24) is 0 Å². The molecule has 2 heteroatoms. The molecule has 0 amide bonds. The van der Waals surface area contributed by atoms with Gasteiger partial charge in [0.2, 0.25) is 0 Å². The van der Waals surface area contributed by atoms with Crippen LogP contribution in [0.25, 0.3) is 77.5 Å². The fraction of sp³-hybridized carbons (Fsp3) is 0.0492. The van der Waals surface area contributed by atoms with Crippen molar-refractivity contribution in [2.75, 3.05) is 4.90 Å². The molecule has 1 aliphatic heterocycles. The van der Waals surface area contributed by atoms with E-state index >= 15 is 0 Å². The monoisotopic (exact) mass is 810 g/mol. The third kappa shape index (κ3) is 6.09. The summed E-state index contributed by atoms with van der Waals surface area (Å²) in [5.41, 5.74) is 16.5. The zero-order valence-electron chi connectivity index (χ0n) is 39.8. The van der Waals surface area contributed by atoms with E-state index in [1.54, 1.807) is 6.07 Å². The lowest BCUT2D eigenvalue weighted by Crippen LogP contribution is -2.16. The molecule has 0 radical (unpaired) electrons. The van der Waals surface area contributed by atoms with Gasteiger partial charge in [0.05, 0.1) is 6.85 Å². The molecule has 2 nitrogen and oxygen atoms in total. The van der Waals surface area contributed by atoms with Crippen molar-refractivity contribution in [2.45, 2.75) is 19.3 Å². The number of nitrogens with zero attached hydrogens (tertiary/aromatic N) is 1. The van der Waals surface area contributed by atoms with E-state index in [2.05, 4.69) is 164 Å². The fourth-order valence-electron chi connectivity index (χ4n) is 9.86. The van der Waals surface area contributed by atoms with Crippen molar-refractivity contribution >= 4 is 27.8 Å². The first kappa shape index (κ1) is 31.9. The van der Waals surface area contributed by atoms with Gasteiger partial charge in [0.25, 0.3) is 0 Å². The van der Waals surface area contributed by atoms with Gasteiger partial charge in [-0.15, -0.1) is 0 Å². The van der Waals surface area contributed by atoms with E-state index in [4.69, 9.17) is 11.6 Å². The molecule has 0 saturated heterocycles. The molecule has 10 aromatic carbocycles. The van der Waals surface area contributed by atoms with Crippen LogP contribution in [-0.4, -0.2) is 0 Å². The molecule has 12 rings (SSSR count). The van der Waals surface area contributed by atoms with E-state index < -0.39 is 18.1 Å². The van der Waals surface area contributed by atoms with Gasteiger partial charge >= 0.3 is 0 Å². The second-order valence-electron chi connectivity index (χ2n) is 16.9. The maximum Gasteiger partial charge on any atom is 0.143 e. The van der Waals surface area contributed by atoms with E-state index in [0.717, 1.165) is 66.8 Å². The Morgan fingerprint density at radius 1 is 0.397 bits per heavy atom. The van der Waals surface area contributed by atoms with Crippen LogP contribution in [0.2, 0.25) is 0 Å². The average Bonchev–Trinajstić information content (AvgIpc) is 3.50. The van der Waals surface area contributed by atoms with E-state index in [1.165, 1.54) is 27.8 Å². The molecule has 1 aliphatic carbocycles. The van der Waals surface area contributed by atoms with Crippen LogP contribution in [0.3, 0.4) is 0 Å². The fourth-order valence-corrected chi connectivity index (χ4v) is 9.86. The Morgan fingerprint density at radius 2 is 0.968 bits per heavy atom. The summed E-state index contributed by atoms with van der Waals surface area (Å²) in [6.45, 7) is 4.63. The first-order valence-corrected chi connectivity index (χ1v) is 21.4. The molecule has 63 heavy (non-hydrogen) atoms. The Balaban J connectivity index is 1.01. The molecule has 0 unspecified atom stereocenters. The molecule has 0 spiro atoms. The van der Waals surface area contributed by atoms with Crippen molar-refractivity contribution in [2.24, 2.45) is 0 Å². The van der Waals surface area contributed by atoms with Gasteiger partial charge < -0.3 is 9.64 Å². The highest BCUT2D eigenvalue weighted by Crippen LogP contribution is 2.54. The van der Waals surface area contributed by atoms with Crippen LogP contribution in [0.4, 0.5) is 17.1 Å². The number of rotatable bonds is 6. The number of fused-ring (bicyclic) bond motifs is 9. The summed E-state index contributed by atoms with van der Waals surface area (Å²) in [5.74, 6) is 1.03. The van der Waals surface area contributed by atoms with Crippen LogP contribution in [0, 0.1) is 0 Å². The summed E-state index contributed by atoms with van der Waals surface area (Å²) in [7, 11) is 0. The van der Waals surface area contributed by atoms with Crippen LogP contribution < -0.4 is 9.64 Å². The molecule has 0 aromatic heterocycles. The van der Waals surface area contributed by atoms with Gasteiger partial charge in [-0.3, -0.25) is 0 Å². The topological polar surface area (TPSA) is 12.5 Å². The normalized spacial score (nSPS) is 14.0. The Bertz CT molecular complexity index is 3650. The van der Waals surface area contributed by atoms with Crippen LogP contribution >= 0.6 is 0 Å². The smallest absolute Gasteiger partial charge is 0.143 e. The van der Waals surface area contributed by atoms with Crippen LogP contribution in [0.15, 0.2) is 224 Å². The van der Waals surface area contributed by atoms with Crippen molar-refractivity contribution in [3.05, 3.63) is 235 Å². The third-order valence-corrected chi connectivity index (χ3v) is 13.0. The number of benzene rings is 10. The maximum absolute atomic E-state index is 8.94. The highest BCUT2D eigenvalue weighted by Gasteiger charge is 2.36. The Labute approximate surface area is 376 Å². The quantitative estimate of drug-likeness (QED) is 0.166. The average molecular weight is 811 g/mol. The number of hydrogen-bond donors (Lipinski definition) is 0. The van der Waals surface area contributed by atoms with Crippen molar-refractivity contribution in [3.63, 3.8) is 0 Å². The minimum Gasteiger partial charge on any atom is -0.455 e. The molecule has 10 aromatic rings. The predicted octanol–water partition coefficient (Wildman–Crippen LogP) is 17.1. The van der Waals surface area contributed by atoms with Gasteiger partial charge in [-0.05, 0) is 127 Å². The Hall–Kier alpha value is -7.94. The number of hydrogen-bond acceptors (Lipinski definition) is 2. The van der Waals surface area contributed by atoms with Gasteiger partial charge in [0.1, 0.15) is 11.5 Å². The van der Waals surface area contributed by atoms with Crippen LogP contribution in [-0.2, 0) is 5.41 Å². The second kappa shape index (κ2) is 14.6. The largest absolute Gasteiger partial charge is 0.455 e. The summed E-state index contributed by atoms with van der Waals surface area (Å²) in [5, 5.41) is 2.12. The molecule has 1 heterocycles. The molecular weight excluding hydrogens is 763 g/mol. The summed E-state index contributed by atoms with van der Waals surface area (Å²) in [4.78, 5) is 2.34. The van der Waals surface area contributed by atoms with Crippen molar-refractivity contribution in [1.29, 1.82) is 0 Å². The second-order valence-corrected chi connectivity index (χ2v) is 16.9. The van der Waals surface area contributed by atoms with Gasteiger partial charge in [-0.1, -0.05) is 184 Å². The molecule has 0 N–H and O–H groups in total. The lowest BCUT2D eigenvalue weighted by molar-refractivity contribution is 0.489. The minimum absolute atomic E-state index is 0.0983. The van der Waals surface area contributed by atoms with Crippen LogP contribution in [0.5, 0.6) is 11.5 Å². The zero-order chi connectivity index (χ0) is 46.4. The zero-order valence-corrected chi connectivity index (χ0v) is 34.8. The molecule has 0 saturated carbocycles. The first-order chi connectivity index (χ1) is 33.1. The van der Waals surface area contributed by atoms with E-state index in [0.29, 0.717) is 17.1 Å². The van der Waals surface area contributed by atoms with Crippen molar-refractivity contribution < 1.29 is 11.6 Å². The van der Waals surface area contributed by atoms with Crippen molar-refractivity contribution in [3.8, 4) is 78.3 Å². The van der Waals surface area contributed by atoms with Gasteiger partial charge in [0, 0.05) is 39.2 Å². The molecule has 0 fully saturated rings. The molecule has 298 valence electrons. The lowest BCUT2D eigenvalue weighted by Gasteiger charge is -2.28. The molecule has 0 bridgehead atoms. The van der Waals surface area contributed by atoms with E-state index in [-0.39, 0.29) is 23.1 Å².